The first-order valence-electron chi connectivity index (χ1n) is 6.58. The summed E-state index contributed by atoms with van der Waals surface area (Å²) in [7, 11) is 2.03. The normalized spacial score (nSPS) is 12.8. The van der Waals surface area contributed by atoms with E-state index in [-0.39, 0.29) is 0 Å². The molecule has 2 aromatic heterocycles. The Morgan fingerprint density at radius 2 is 2.22 bits per heavy atom. The van der Waals surface area contributed by atoms with Crippen LogP contribution in [0.5, 0.6) is 0 Å². The Kier molecular flexibility index (Phi) is 4.20. The first-order chi connectivity index (χ1) is 8.74. The Hall–Kier alpha value is -1.55. The summed E-state index contributed by atoms with van der Waals surface area (Å²) in [4.78, 5) is 4.14. The number of aryl methyl sites for hydroxylation is 1. The second-order valence-electron chi connectivity index (χ2n) is 4.63. The molecule has 0 saturated heterocycles. The number of aromatic nitrogens is 3. The molecule has 1 N–H and O–H groups in total. The van der Waals surface area contributed by atoms with Crippen molar-refractivity contribution in [1.29, 1.82) is 0 Å². The highest BCUT2D eigenvalue weighted by Crippen LogP contribution is 2.17. The van der Waals surface area contributed by atoms with Crippen molar-refractivity contribution in [3.8, 4) is 0 Å². The highest BCUT2D eigenvalue weighted by Gasteiger charge is 2.09. The molecule has 0 bridgehead atoms. The van der Waals surface area contributed by atoms with Gasteiger partial charge in [-0.15, -0.1) is 0 Å². The van der Waals surface area contributed by atoms with Gasteiger partial charge in [-0.25, -0.2) is 4.98 Å². The molecule has 0 spiro atoms. The highest BCUT2D eigenvalue weighted by atomic mass is 15.1. The standard InChI is InChI=1S/C14H22N4/c1-4-14(16-5-2)12-6-7-18(9-12)10-13-8-15-11-17(13)3/h6-9,11,14,16H,4-5,10H2,1-3H3. The quantitative estimate of drug-likeness (QED) is 0.849. The monoisotopic (exact) mass is 246 g/mol. The van der Waals surface area contributed by atoms with Gasteiger partial charge in [0.15, 0.2) is 0 Å². The van der Waals surface area contributed by atoms with Gasteiger partial charge in [0.25, 0.3) is 0 Å². The van der Waals surface area contributed by atoms with E-state index in [9.17, 15) is 0 Å². The first-order valence-corrected chi connectivity index (χ1v) is 6.58. The molecule has 0 fully saturated rings. The van der Waals surface area contributed by atoms with Crippen LogP contribution in [0.15, 0.2) is 31.0 Å². The topological polar surface area (TPSA) is 34.8 Å². The van der Waals surface area contributed by atoms with Crippen molar-refractivity contribution in [2.75, 3.05) is 6.54 Å². The van der Waals surface area contributed by atoms with Crippen LogP contribution in [0.3, 0.4) is 0 Å². The van der Waals surface area contributed by atoms with Crippen LogP contribution in [0, 0.1) is 0 Å². The van der Waals surface area contributed by atoms with Crippen LogP contribution < -0.4 is 5.32 Å². The number of imidazole rings is 1. The molecule has 0 aliphatic rings. The summed E-state index contributed by atoms with van der Waals surface area (Å²) < 4.78 is 4.27. The van der Waals surface area contributed by atoms with E-state index in [4.69, 9.17) is 0 Å². The lowest BCUT2D eigenvalue weighted by atomic mass is 10.1. The lowest BCUT2D eigenvalue weighted by Crippen LogP contribution is -2.19. The molecule has 2 aromatic rings. The van der Waals surface area contributed by atoms with Gasteiger partial charge in [-0.2, -0.15) is 0 Å². The molecule has 0 saturated carbocycles. The van der Waals surface area contributed by atoms with Gasteiger partial charge in [0.05, 0.1) is 18.6 Å². The second kappa shape index (κ2) is 5.87. The Labute approximate surface area is 109 Å². The zero-order valence-electron chi connectivity index (χ0n) is 11.4. The summed E-state index contributed by atoms with van der Waals surface area (Å²) in [6.07, 6.45) is 9.24. The van der Waals surface area contributed by atoms with E-state index >= 15 is 0 Å². The van der Waals surface area contributed by atoms with Crippen LogP contribution in [0.1, 0.15) is 37.6 Å². The largest absolute Gasteiger partial charge is 0.348 e. The molecule has 0 amide bonds. The van der Waals surface area contributed by atoms with Crippen molar-refractivity contribution >= 4 is 0 Å². The van der Waals surface area contributed by atoms with Crippen LogP contribution in [-0.4, -0.2) is 20.7 Å². The van der Waals surface area contributed by atoms with Gasteiger partial charge in [-0.1, -0.05) is 13.8 Å². The number of nitrogens with one attached hydrogen (secondary N) is 1. The maximum absolute atomic E-state index is 4.14. The zero-order chi connectivity index (χ0) is 13.0. The number of nitrogens with zero attached hydrogens (tertiary/aromatic N) is 3. The summed E-state index contributed by atoms with van der Waals surface area (Å²) in [6.45, 7) is 6.24. The molecule has 0 aliphatic carbocycles. The maximum atomic E-state index is 4.14. The summed E-state index contributed by atoms with van der Waals surface area (Å²) in [5.74, 6) is 0. The number of hydrogen-bond donors (Lipinski definition) is 1. The van der Waals surface area contributed by atoms with E-state index in [1.807, 2.05) is 19.6 Å². The molecule has 98 valence electrons. The molecule has 4 nitrogen and oxygen atoms in total. The van der Waals surface area contributed by atoms with Gasteiger partial charge < -0.3 is 14.5 Å². The molecule has 1 unspecified atom stereocenters. The van der Waals surface area contributed by atoms with Crippen molar-refractivity contribution in [2.24, 2.45) is 7.05 Å². The van der Waals surface area contributed by atoms with Crippen LogP contribution in [-0.2, 0) is 13.6 Å². The van der Waals surface area contributed by atoms with E-state index in [2.05, 4.69) is 51.7 Å². The van der Waals surface area contributed by atoms with Gasteiger partial charge in [0.2, 0.25) is 0 Å². The fourth-order valence-corrected chi connectivity index (χ4v) is 2.23. The van der Waals surface area contributed by atoms with E-state index in [0.29, 0.717) is 6.04 Å². The lowest BCUT2D eigenvalue weighted by Gasteiger charge is -2.14. The first kappa shape index (κ1) is 12.9. The van der Waals surface area contributed by atoms with E-state index < -0.39 is 0 Å². The van der Waals surface area contributed by atoms with Crippen LogP contribution >= 0.6 is 0 Å². The average molecular weight is 246 g/mol. The molecule has 0 aliphatic heterocycles. The molecule has 4 heteroatoms. The fourth-order valence-electron chi connectivity index (χ4n) is 2.23. The third kappa shape index (κ3) is 2.82. The molecular weight excluding hydrogens is 224 g/mol. The Bertz CT molecular complexity index is 483. The predicted molar refractivity (Wildman–Crippen MR) is 73.5 cm³/mol. The Morgan fingerprint density at radius 1 is 1.39 bits per heavy atom. The second-order valence-corrected chi connectivity index (χ2v) is 4.63. The summed E-state index contributed by atoms with van der Waals surface area (Å²) >= 11 is 0. The minimum Gasteiger partial charge on any atom is -0.348 e. The fraction of sp³-hybridized carbons (Fsp3) is 0.500. The smallest absolute Gasteiger partial charge is 0.0946 e. The maximum Gasteiger partial charge on any atom is 0.0946 e. The van der Waals surface area contributed by atoms with Crippen LogP contribution in [0.25, 0.3) is 0 Å². The molecule has 2 rings (SSSR count). The van der Waals surface area contributed by atoms with Crippen LogP contribution in [0.4, 0.5) is 0 Å². The lowest BCUT2D eigenvalue weighted by molar-refractivity contribution is 0.536. The SMILES string of the molecule is CCNC(CC)c1ccn(Cc2cncn2C)c1. The molecule has 2 heterocycles. The van der Waals surface area contributed by atoms with Crippen molar-refractivity contribution < 1.29 is 0 Å². The van der Waals surface area contributed by atoms with E-state index in [1.54, 1.807) is 0 Å². The minimum atomic E-state index is 0.461. The van der Waals surface area contributed by atoms with Gasteiger partial charge in [0, 0.05) is 31.7 Å². The Morgan fingerprint density at radius 3 is 2.83 bits per heavy atom. The number of rotatable bonds is 6. The van der Waals surface area contributed by atoms with Gasteiger partial charge >= 0.3 is 0 Å². The summed E-state index contributed by atoms with van der Waals surface area (Å²) in [6, 6.07) is 2.66. The summed E-state index contributed by atoms with van der Waals surface area (Å²) in [5, 5.41) is 3.50. The molecule has 0 radical (unpaired) electrons. The highest BCUT2D eigenvalue weighted by molar-refractivity contribution is 5.16. The van der Waals surface area contributed by atoms with Gasteiger partial charge in [-0.05, 0) is 24.6 Å². The molecule has 0 aromatic carbocycles. The minimum absolute atomic E-state index is 0.461. The zero-order valence-corrected chi connectivity index (χ0v) is 11.4. The Balaban J connectivity index is 2.08. The van der Waals surface area contributed by atoms with Crippen molar-refractivity contribution in [3.05, 3.63) is 42.2 Å². The van der Waals surface area contributed by atoms with Gasteiger partial charge in [0.1, 0.15) is 0 Å². The van der Waals surface area contributed by atoms with Gasteiger partial charge in [-0.3, -0.25) is 0 Å². The van der Waals surface area contributed by atoms with Crippen molar-refractivity contribution in [1.82, 2.24) is 19.4 Å². The van der Waals surface area contributed by atoms with Crippen molar-refractivity contribution in [3.63, 3.8) is 0 Å². The van der Waals surface area contributed by atoms with E-state index in [1.165, 1.54) is 11.3 Å². The predicted octanol–water partition coefficient (Wildman–Crippen LogP) is 2.33. The van der Waals surface area contributed by atoms with E-state index in [0.717, 1.165) is 19.5 Å². The average Bonchev–Trinajstić information content (AvgIpc) is 2.97. The third-order valence-corrected chi connectivity index (χ3v) is 3.30. The van der Waals surface area contributed by atoms with Crippen LogP contribution in [0.2, 0.25) is 0 Å². The third-order valence-electron chi connectivity index (χ3n) is 3.30. The molecular formula is C14H22N4. The number of hydrogen-bond acceptors (Lipinski definition) is 2. The molecule has 1 atom stereocenters. The van der Waals surface area contributed by atoms with Crippen molar-refractivity contribution in [2.45, 2.75) is 32.9 Å². The molecule has 18 heavy (non-hydrogen) atoms. The summed E-state index contributed by atoms with van der Waals surface area (Å²) in [5.41, 5.74) is 2.58.